The van der Waals surface area contributed by atoms with Gasteiger partial charge < -0.3 is 9.84 Å². The highest BCUT2D eigenvalue weighted by Crippen LogP contribution is 2.19. The monoisotopic (exact) mass is 285 g/mol. The highest BCUT2D eigenvalue weighted by atomic mass is 19.1. The Hall–Kier alpha value is -2.87. The fraction of sp³-hybridized carbons (Fsp3) is 0.125. The number of benzene rings is 2. The van der Waals surface area contributed by atoms with Crippen molar-refractivity contribution >= 4 is 5.97 Å². The summed E-state index contributed by atoms with van der Waals surface area (Å²) in [6, 6.07) is 10.5. The first kappa shape index (κ1) is 14.5. The summed E-state index contributed by atoms with van der Waals surface area (Å²) in [7, 11) is 0. The molecule has 0 spiro atoms. The van der Waals surface area contributed by atoms with Crippen molar-refractivity contribution in [1.29, 1.82) is 5.26 Å². The summed E-state index contributed by atoms with van der Waals surface area (Å²) >= 11 is 0. The zero-order chi connectivity index (χ0) is 15.4. The molecule has 0 aliphatic carbocycles. The van der Waals surface area contributed by atoms with E-state index in [9.17, 15) is 9.18 Å². The van der Waals surface area contributed by atoms with Gasteiger partial charge in [-0.25, -0.2) is 9.18 Å². The van der Waals surface area contributed by atoms with Gasteiger partial charge in [0.1, 0.15) is 18.2 Å². The number of carboxylic acid groups (broad SMARTS) is 1. The van der Waals surface area contributed by atoms with Gasteiger partial charge in [-0.05, 0) is 54.4 Å². The lowest BCUT2D eigenvalue weighted by Gasteiger charge is -2.09. The van der Waals surface area contributed by atoms with Gasteiger partial charge in [-0.3, -0.25) is 0 Å². The number of carboxylic acids is 1. The molecule has 21 heavy (non-hydrogen) atoms. The topological polar surface area (TPSA) is 70.3 Å². The predicted molar refractivity (Wildman–Crippen MR) is 73.6 cm³/mol. The maximum Gasteiger partial charge on any atom is 0.335 e. The van der Waals surface area contributed by atoms with Crippen LogP contribution in [-0.4, -0.2) is 11.1 Å². The van der Waals surface area contributed by atoms with Crippen LogP contribution in [0.4, 0.5) is 4.39 Å². The molecule has 2 rings (SSSR count). The standard InChI is InChI=1S/C16H12FNO3/c1-10-4-14(2-3-15(10)16(19)20)21-9-12-5-11(8-18)6-13(17)7-12/h2-7H,9H2,1H3,(H,19,20). The summed E-state index contributed by atoms with van der Waals surface area (Å²) in [6.45, 7) is 1.77. The number of hydrogen-bond donors (Lipinski definition) is 1. The maximum atomic E-state index is 13.3. The number of ether oxygens (including phenoxy) is 1. The molecule has 0 saturated carbocycles. The van der Waals surface area contributed by atoms with Crippen molar-refractivity contribution in [2.45, 2.75) is 13.5 Å². The van der Waals surface area contributed by atoms with Crippen molar-refractivity contribution in [3.63, 3.8) is 0 Å². The predicted octanol–water partition coefficient (Wildman–Crippen LogP) is 3.28. The first-order valence-electron chi connectivity index (χ1n) is 6.16. The van der Waals surface area contributed by atoms with Crippen molar-refractivity contribution in [3.8, 4) is 11.8 Å². The second kappa shape index (κ2) is 6.06. The van der Waals surface area contributed by atoms with E-state index in [1.54, 1.807) is 25.1 Å². The Bertz CT molecular complexity index is 735. The Kier molecular flexibility index (Phi) is 4.19. The minimum absolute atomic E-state index is 0.0955. The molecular formula is C16H12FNO3. The lowest BCUT2D eigenvalue weighted by Crippen LogP contribution is -2.01. The number of carbonyl (C=O) groups is 1. The van der Waals surface area contributed by atoms with E-state index in [4.69, 9.17) is 15.1 Å². The summed E-state index contributed by atoms with van der Waals surface area (Å²) in [5, 5.41) is 17.7. The highest BCUT2D eigenvalue weighted by molar-refractivity contribution is 5.89. The van der Waals surface area contributed by atoms with Gasteiger partial charge >= 0.3 is 5.97 Å². The van der Waals surface area contributed by atoms with E-state index >= 15 is 0 Å². The first-order chi connectivity index (χ1) is 9.99. The molecule has 0 aliphatic rings. The molecule has 0 atom stereocenters. The Morgan fingerprint density at radius 3 is 2.71 bits per heavy atom. The molecule has 106 valence electrons. The fourth-order valence-corrected chi connectivity index (χ4v) is 1.93. The van der Waals surface area contributed by atoms with Gasteiger partial charge in [-0.2, -0.15) is 5.26 Å². The number of halogens is 1. The van der Waals surface area contributed by atoms with Crippen LogP contribution in [0.2, 0.25) is 0 Å². The smallest absolute Gasteiger partial charge is 0.335 e. The summed E-state index contributed by atoms with van der Waals surface area (Å²) in [4.78, 5) is 10.9. The van der Waals surface area contributed by atoms with Crippen LogP contribution in [0, 0.1) is 24.1 Å². The van der Waals surface area contributed by atoms with Gasteiger partial charge in [0, 0.05) is 0 Å². The van der Waals surface area contributed by atoms with Crippen LogP contribution in [0.25, 0.3) is 0 Å². The van der Waals surface area contributed by atoms with Gasteiger partial charge in [-0.1, -0.05) is 0 Å². The third kappa shape index (κ3) is 3.57. The normalized spacial score (nSPS) is 9.95. The van der Waals surface area contributed by atoms with Crippen molar-refractivity contribution in [2.75, 3.05) is 0 Å². The molecule has 0 amide bonds. The summed E-state index contributed by atoms with van der Waals surface area (Å²) in [5.41, 5.74) is 1.55. The first-order valence-corrected chi connectivity index (χ1v) is 6.16. The van der Waals surface area contributed by atoms with Crippen molar-refractivity contribution in [3.05, 3.63) is 64.5 Å². The van der Waals surface area contributed by atoms with Crippen LogP contribution in [0.3, 0.4) is 0 Å². The van der Waals surface area contributed by atoms with Crippen LogP contribution < -0.4 is 4.74 Å². The fourth-order valence-electron chi connectivity index (χ4n) is 1.93. The van der Waals surface area contributed by atoms with Gasteiger partial charge in [0.15, 0.2) is 0 Å². The quantitative estimate of drug-likeness (QED) is 0.935. The molecule has 0 aliphatic heterocycles. The van der Waals surface area contributed by atoms with E-state index in [2.05, 4.69) is 0 Å². The van der Waals surface area contributed by atoms with Crippen molar-refractivity contribution < 1.29 is 19.0 Å². The molecule has 0 bridgehead atoms. The minimum atomic E-state index is -0.997. The summed E-state index contributed by atoms with van der Waals surface area (Å²) in [6.07, 6.45) is 0. The molecule has 5 heteroatoms. The number of aryl methyl sites for hydroxylation is 1. The van der Waals surface area contributed by atoms with E-state index in [1.165, 1.54) is 12.1 Å². The molecule has 0 unspecified atom stereocenters. The van der Waals surface area contributed by atoms with E-state index in [-0.39, 0.29) is 17.7 Å². The number of hydrogen-bond acceptors (Lipinski definition) is 3. The number of rotatable bonds is 4. The lowest BCUT2D eigenvalue weighted by atomic mass is 10.1. The second-order valence-electron chi connectivity index (χ2n) is 4.53. The van der Waals surface area contributed by atoms with E-state index < -0.39 is 11.8 Å². The average Bonchev–Trinajstić information content (AvgIpc) is 2.44. The van der Waals surface area contributed by atoms with Crippen LogP contribution in [-0.2, 0) is 6.61 Å². The van der Waals surface area contributed by atoms with Crippen LogP contribution in [0.1, 0.15) is 27.0 Å². The SMILES string of the molecule is Cc1cc(OCc2cc(F)cc(C#N)c2)ccc1C(=O)O. The zero-order valence-corrected chi connectivity index (χ0v) is 11.3. The Balaban J connectivity index is 2.13. The van der Waals surface area contributed by atoms with Crippen molar-refractivity contribution in [1.82, 2.24) is 0 Å². The summed E-state index contributed by atoms with van der Waals surface area (Å²) in [5.74, 6) is -1.01. The van der Waals surface area contributed by atoms with Crippen LogP contribution >= 0.6 is 0 Å². The second-order valence-corrected chi connectivity index (χ2v) is 4.53. The molecule has 2 aromatic carbocycles. The molecule has 0 saturated heterocycles. The molecule has 0 heterocycles. The molecule has 4 nitrogen and oxygen atoms in total. The number of aromatic carboxylic acids is 1. The molecule has 0 aromatic heterocycles. The average molecular weight is 285 g/mol. The Morgan fingerprint density at radius 2 is 2.10 bits per heavy atom. The van der Waals surface area contributed by atoms with Crippen LogP contribution in [0.5, 0.6) is 5.75 Å². The van der Waals surface area contributed by atoms with Crippen molar-refractivity contribution in [2.24, 2.45) is 0 Å². The number of nitriles is 1. The van der Waals surface area contributed by atoms with E-state index in [1.807, 2.05) is 6.07 Å². The Morgan fingerprint density at radius 1 is 1.33 bits per heavy atom. The van der Waals surface area contributed by atoms with Gasteiger partial charge in [0.05, 0.1) is 17.2 Å². The summed E-state index contributed by atoms with van der Waals surface area (Å²) < 4.78 is 18.8. The third-order valence-electron chi connectivity index (χ3n) is 2.92. The van der Waals surface area contributed by atoms with Gasteiger partial charge in [0.25, 0.3) is 0 Å². The zero-order valence-electron chi connectivity index (χ0n) is 11.3. The molecular weight excluding hydrogens is 273 g/mol. The van der Waals surface area contributed by atoms with Gasteiger partial charge in [-0.15, -0.1) is 0 Å². The molecule has 0 fully saturated rings. The molecule has 0 radical (unpaired) electrons. The highest BCUT2D eigenvalue weighted by Gasteiger charge is 2.08. The largest absolute Gasteiger partial charge is 0.489 e. The van der Waals surface area contributed by atoms with E-state index in [0.717, 1.165) is 6.07 Å². The molecule has 2 aromatic rings. The lowest BCUT2D eigenvalue weighted by molar-refractivity contribution is 0.0696. The number of nitrogens with zero attached hydrogens (tertiary/aromatic N) is 1. The third-order valence-corrected chi connectivity index (χ3v) is 2.92. The van der Waals surface area contributed by atoms with Crippen LogP contribution in [0.15, 0.2) is 36.4 Å². The maximum absolute atomic E-state index is 13.3. The van der Waals surface area contributed by atoms with E-state index in [0.29, 0.717) is 16.9 Å². The Labute approximate surface area is 121 Å². The molecule has 1 N–H and O–H groups in total. The van der Waals surface area contributed by atoms with Gasteiger partial charge in [0.2, 0.25) is 0 Å². The minimum Gasteiger partial charge on any atom is -0.489 e.